The lowest BCUT2D eigenvalue weighted by atomic mass is 9.84. The quantitative estimate of drug-likeness (QED) is 0.462. The minimum atomic E-state index is -1.99. The van der Waals surface area contributed by atoms with Crippen LogP contribution in [0.3, 0.4) is 0 Å². The van der Waals surface area contributed by atoms with Crippen molar-refractivity contribution >= 4 is 16.6 Å². The summed E-state index contributed by atoms with van der Waals surface area (Å²) < 4.78 is 25.5. The predicted molar refractivity (Wildman–Crippen MR) is 130 cm³/mol. The predicted octanol–water partition coefficient (Wildman–Crippen LogP) is 5.79. The third-order valence-electron chi connectivity index (χ3n) is 7.80. The number of methoxy groups -OCH3 is 1. The summed E-state index contributed by atoms with van der Waals surface area (Å²) >= 11 is 0. The van der Waals surface area contributed by atoms with Crippen LogP contribution in [0.1, 0.15) is 61.8 Å². The SMILES string of the molecule is CO[C@H]1O[C@H](C[C@H](CO)O[Si](C)(C)C(C)(C)C)[C@@H](C)[C@@H](O[Si](C)(C)C(C)(C)C)[C@@H]1C. The first kappa shape index (κ1) is 28.3. The van der Waals surface area contributed by atoms with Gasteiger partial charge in [0.2, 0.25) is 0 Å². The monoisotopic (exact) mass is 462 g/mol. The normalized spacial score (nSPS) is 30.4. The van der Waals surface area contributed by atoms with Crippen LogP contribution in [-0.2, 0) is 18.3 Å². The van der Waals surface area contributed by atoms with Gasteiger partial charge in [0.05, 0.1) is 24.9 Å². The fourth-order valence-electron chi connectivity index (χ4n) is 3.55. The van der Waals surface area contributed by atoms with E-state index in [9.17, 15) is 5.11 Å². The van der Waals surface area contributed by atoms with Gasteiger partial charge >= 0.3 is 0 Å². The van der Waals surface area contributed by atoms with Gasteiger partial charge in [-0.2, -0.15) is 0 Å². The van der Waals surface area contributed by atoms with Gasteiger partial charge in [-0.15, -0.1) is 0 Å². The van der Waals surface area contributed by atoms with E-state index >= 15 is 0 Å². The second kappa shape index (κ2) is 10.0. The van der Waals surface area contributed by atoms with E-state index in [0.29, 0.717) is 6.42 Å². The van der Waals surface area contributed by atoms with Gasteiger partial charge in [-0.25, -0.2) is 0 Å². The summed E-state index contributed by atoms with van der Waals surface area (Å²) in [6, 6.07) is 0. The first-order valence-electron chi connectivity index (χ1n) is 11.5. The van der Waals surface area contributed by atoms with Crippen LogP contribution in [-0.4, -0.2) is 60.1 Å². The Kier molecular flexibility index (Phi) is 9.44. The summed E-state index contributed by atoms with van der Waals surface area (Å²) in [5.74, 6) is 0.335. The summed E-state index contributed by atoms with van der Waals surface area (Å²) in [6.45, 7) is 26.9. The summed E-state index contributed by atoms with van der Waals surface area (Å²) in [5.41, 5.74) is 0. The summed E-state index contributed by atoms with van der Waals surface area (Å²) in [7, 11) is -2.23. The van der Waals surface area contributed by atoms with E-state index in [1.54, 1.807) is 7.11 Å². The fraction of sp³-hybridized carbons (Fsp3) is 1.00. The molecule has 0 bridgehead atoms. The topological polar surface area (TPSA) is 57.2 Å². The van der Waals surface area contributed by atoms with E-state index < -0.39 is 16.6 Å². The Morgan fingerprint density at radius 1 is 0.900 bits per heavy atom. The Bertz CT molecular complexity index is 539. The Morgan fingerprint density at radius 2 is 1.40 bits per heavy atom. The van der Waals surface area contributed by atoms with Crippen molar-refractivity contribution in [3.63, 3.8) is 0 Å². The molecule has 0 saturated carbocycles. The lowest BCUT2D eigenvalue weighted by Crippen LogP contribution is -2.56. The molecule has 0 aromatic carbocycles. The minimum Gasteiger partial charge on any atom is -0.413 e. The number of hydrogen-bond acceptors (Lipinski definition) is 5. The molecule has 30 heavy (non-hydrogen) atoms. The molecule has 1 rings (SSSR count). The maximum atomic E-state index is 10.1. The van der Waals surface area contributed by atoms with Gasteiger partial charge in [0, 0.05) is 25.4 Å². The van der Waals surface area contributed by atoms with Crippen LogP contribution < -0.4 is 0 Å². The second-order valence-corrected chi connectivity index (χ2v) is 21.8. The molecule has 0 amide bonds. The van der Waals surface area contributed by atoms with Crippen LogP contribution >= 0.6 is 0 Å². The molecule has 0 aliphatic carbocycles. The van der Waals surface area contributed by atoms with Gasteiger partial charge in [0.1, 0.15) is 0 Å². The molecule has 1 aliphatic rings. The van der Waals surface area contributed by atoms with Crippen molar-refractivity contribution in [2.45, 2.75) is 123 Å². The number of hydrogen-bond donors (Lipinski definition) is 1. The molecule has 0 radical (unpaired) electrons. The Labute approximate surface area is 188 Å². The maximum absolute atomic E-state index is 10.1. The van der Waals surface area contributed by atoms with Crippen LogP contribution in [0.15, 0.2) is 0 Å². The molecule has 180 valence electrons. The third-order valence-corrected chi connectivity index (χ3v) is 16.8. The van der Waals surface area contributed by atoms with Crippen molar-refractivity contribution in [1.29, 1.82) is 0 Å². The largest absolute Gasteiger partial charge is 0.413 e. The van der Waals surface area contributed by atoms with E-state index in [1.165, 1.54) is 0 Å². The Balaban J connectivity index is 3.06. The third kappa shape index (κ3) is 6.62. The summed E-state index contributed by atoms with van der Waals surface area (Å²) in [5, 5.41) is 10.3. The van der Waals surface area contributed by atoms with E-state index in [-0.39, 0.29) is 53.1 Å². The summed E-state index contributed by atoms with van der Waals surface area (Å²) in [4.78, 5) is 0. The molecule has 0 aromatic heterocycles. The van der Waals surface area contributed by atoms with Gasteiger partial charge in [0.25, 0.3) is 0 Å². The van der Waals surface area contributed by atoms with E-state index in [4.69, 9.17) is 18.3 Å². The number of aliphatic hydroxyl groups is 1. The number of ether oxygens (including phenoxy) is 2. The lowest BCUT2D eigenvalue weighted by molar-refractivity contribution is -0.254. The molecule has 1 fully saturated rings. The van der Waals surface area contributed by atoms with E-state index in [0.717, 1.165) is 0 Å². The van der Waals surface area contributed by atoms with Crippen molar-refractivity contribution in [2.24, 2.45) is 11.8 Å². The van der Waals surface area contributed by atoms with E-state index in [1.807, 2.05) is 0 Å². The molecule has 7 heteroatoms. The van der Waals surface area contributed by atoms with Gasteiger partial charge in [-0.1, -0.05) is 55.4 Å². The highest BCUT2D eigenvalue weighted by Gasteiger charge is 2.48. The fourth-order valence-corrected chi connectivity index (χ4v) is 6.37. The van der Waals surface area contributed by atoms with Crippen molar-refractivity contribution in [3.8, 4) is 0 Å². The highest BCUT2D eigenvalue weighted by atomic mass is 28.4. The highest BCUT2D eigenvalue weighted by Crippen LogP contribution is 2.43. The molecule has 0 aromatic rings. The smallest absolute Gasteiger partial charge is 0.192 e. The first-order valence-corrected chi connectivity index (χ1v) is 17.3. The zero-order valence-corrected chi connectivity index (χ0v) is 24.0. The Morgan fingerprint density at radius 3 is 1.80 bits per heavy atom. The van der Waals surface area contributed by atoms with Crippen molar-refractivity contribution in [2.75, 3.05) is 13.7 Å². The number of aliphatic hydroxyl groups excluding tert-OH is 1. The molecular weight excluding hydrogens is 412 g/mol. The van der Waals surface area contributed by atoms with Crippen LogP contribution in [0, 0.1) is 11.8 Å². The zero-order valence-electron chi connectivity index (χ0n) is 22.0. The molecule has 1 saturated heterocycles. The molecule has 0 spiro atoms. The van der Waals surface area contributed by atoms with Crippen LogP contribution in [0.2, 0.25) is 36.3 Å². The second-order valence-electron chi connectivity index (χ2n) is 12.3. The highest BCUT2D eigenvalue weighted by molar-refractivity contribution is 6.74. The van der Waals surface area contributed by atoms with Crippen LogP contribution in [0.4, 0.5) is 0 Å². The standard InChI is InChI=1S/C23H50O5Si2/c1-16-19(14-18(15-24)27-29(10,11)22(3,4)5)26-21(25-9)17(2)20(16)28-30(12,13)23(6,7)8/h16-21,24H,14-15H2,1-13H3/t16-,17+,18-,19-,20-,21+/m1/s1. The molecule has 1 N–H and O–H groups in total. The van der Waals surface area contributed by atoms with E-state index in [2.05, 4.69) is 81.6 Å². The van der Waals surface area contributed by atoms with Crippen molar-refractivity contribution in [3.05, 3.63) is 0 Å². The average molecular weight is 463 g/mol. The van der Waals surface area contributed by atoms with Gasteiger partial charge in [0.15, 0.2) is 22.9 Å². The minimum absolute atomic E-state index is 0.0000500. The molecule has 1 aliphatic heterocycles. The van der Waals surface area contributed by atoms with Crippen LogP contribution in [0.5, 0.6) is 0 Å². The van der Waals surface area contributed by atoms with Gasteiger partial charge in [-0.05, 0) is 36.3 Å². The average Bonchev–Trinajstić information content (AvgIpc) is 2.58. The molecule has 1 heterocycles. The molecule has 6 atom stereocenters. The molecular formula is C23H50O5Si2. The first-order chi connectivity index (χ1) is 13.4. The van der Waals surface area contributed by atoms with Crippen molar-refractivity contribution in [1.82, 2.24) is 0 Å². The molecule has 0 unspecified atom stereocenters. The van der Waals surface area contributed by atoms with Gasteiger partial charge < -0.3 is 23.4 Å². The maximum Gasteiger partial charge on any atom is 0.192 e. The molecule has 5 nitrogen and oxygen atoms in total. The number of rotatable bonds is 8. The van der Waals surface area contributed by atoms with Crippen LogP contribution in [0.25, 0.3) is 0 Å². The van der Waals surface area contributed by atoms with Crippen molar-refractivity contribution < 1.29 is 23.4 Å². The van der Waals surface area contributed by atoms with Gasteiger partial charge in [-0.3, -0.25) is 0 Å². The zero-order chi connectivity index (χ0) is 23.7. The summed E-state index contributed by atoms with van der Waals surface area (Å²) in [6.07, 6.45) is 0.0734. The Hall–Kier alpha value is 0.234. The lowest BCUT2D eigenvalue weighted by Gasteiger charge is -2.49.